The van der Waals surface area contributed by atoms with Gasteiger partial charge in [-0.2, -0.15) is 0 Å². The first-order chi connectivity index (χ1) is 16.4. The molecule has 2 fully saturated rings. The van der Waals surface area contributed by atoms with Crippen LogP contribution in [0.4, 0.5) is 8.78 Å². The van der Waals surface area contributed by atoms with E-state index in [0.717, 1.165) is 44.5 Å². The van der Waals surface area contributed by atoms with E-state index in [1.165, 1.54) is 44.6 Å². The van der Waals surface area contributed by atoms with Crippen LogP contribution in [0.15, 0.2) is 18.2 Å². The van der Waals surface area contributed by atoms with Crippen molar-refractivity contribution < 1.29 is 18.3 Å². The molecule has 1 amide bonds. The molecular formula is C27H43F2N3O2. The normalized spacial score (nSPS) is 22.0. The van der Waals surface area contributed by atoms with Crippen LogP contribution in [0.1, 0.15) is 76.9 Å². The smallest absolute Gasteiger partial charge is 0.246 e. The second-order valence-electron chi connectivity index (χ2n) is 10.4. The number of likely N-dealkylation sites (N-methyl/N-ethyl adjacent to an activating group) is 1. The van der Waals surface area contributed by atoms with Gasteiger partial charge in [-0.25, -0.2) is 8.78 Å². The summed E-state index contributed by atoms with van der Waals surface area (Å²) in [5.41, 5.74) is 0.210. The Morgan fingerprint density at radius 3 is 2.62 bits per heavy atom. The van der Waals surface area contributed by atoms with Crippen molar-refractivity contribution >= 4 is 5.91 Å². The van der Waals surface area contributed by atoms with Crippen LogP contribution >= 0.6 is 0 Å². The number of likely N-dealkylation sites (tertiary alicyclic amines) is 1. The molecule has 7 heteroatoms. The molecule has 0 spiro atoms. The highest BCUT2D eigenvalue weighted by molar-refractivity contribution is 5.77. The van der Waals surface area contributed by atoms with E-state index < -0.39 is 17.7 Å². The molecule has 3 rings (SSSR count). The van der Waals surface area contributed by atoms with Gasteiger partial charge in [0.2, 0.25) is 5.91 Å². The monoisotopic (exact) mass is 479 g/mol. The van der Waals surface area contributed by atoms with E-state index in [4.69, 9.17) is 4.74 Å². The molecule has 0 bridgehead atoms. The number of hydrogen-bond acceptors (Lipinski definition) is 4. The summed E-state index contributed by atoms with van der Waals surface area (Å²) in [6, 6.07) is 4.65. The van der Waals surface area contributed by atoms with E-state index in [9.17, 15) is 13.6 Å². The molecule has 3 unspecified atom stereocenters. The molecule has 192 valence electrons. The van der Waals surface area contributed by atoms with Crippen molar-refractivity contribution in [2.24, 2.45) is 11.8 Å². The van der Waals surface area contributed by atoms with Crippen molar-refractivity contribution in [3.8, 4) is 0 Å². The molecular weight excluding hydrogens is 436 g/mol. The third-order valence-electron chi connectivity index (χ3n) is 7.34. The highest BCUT2D eigenvalue weighted by Gasteiger charge is 2.35. The first kappa shape index (κ1) is 27.0. The van der Waals surface area contributed by atoms with Crippen molar-refractivity contribution in [3.63, 3.8) is 0 Å². The topological polar surface area (TPSA) is 53.6 Å². The van der Waals surface area contributed by atoms with Gasteiger partial charge >= 0.3 is 0 Å². The summed E-state index contributed by atoms with van der Waals surface area (Å²) in [4.78, 5) is 14.8. The summed E-state index contributed by atoms with van der Waals surface area (Å²) in [6.07, 6.45) is 8.96. The van der Waals surface area contributed by atoms with Crippen LogP contribution in [0, 0.1) is 23.5 Å². The Morgan fingerprint density at radius 2 is 1.91 bits per heavy atom. The third-order valence-corrected chi connectivity index (χ3v) is 7.34. The van der Waals surface area contributed by atoms with Crippen LogP contribution in [0.25, 0.3) is 0 Å². The van der Waals surface area contributed by atoms with Crippen molar-refractivity contribution in [3.05, 3.63) is 35.4 Å². The molecule has 2 aliphatic rings. The first-order valence-electron chi connectivity index (χ1n) is 13.1. The van der Waals surface area contributed by atoms with Crippen LogP contribution in [0.2, 0.25) is 0 Å². The van der Waals surface area contributed by atoms with Gasteiger partial charge in [0, 0.05) is 36.7 Å². The van der Waals surface area contributed by atoms with Crippen molar-refractivity contribution in [1.29, 1.82) is 0 Å². The minimum Gasteiger partial charge on any atom is -0.363 e. The van der Waals surface area contributed by atoms with Gasteiger partial charge < -0.3 is 15.4 Å². The van der Waals surface area contributed by atoms with Gasteiger partial charge in [0.05, 0.1) is 6.10 Å². The average Bonchev–Trinajstić information content (AvgIpc) is 2.82. The van der Waals surface area contributed by atoms with Crippen molar-refractivity contribution in [2.75, 3.05) is 33.3 Å². The highest BCUT2D eigenvalue weighted by Crippen LogP contribution is 2.36. The number of benzene rings is 1. The maximum absolute atomic E-state index is 14.8. The standard InChI is InChI=1S/C27H43F2N3O2/c1-19(2)31-25(33)18-34-27(23-12-7-13-24(28)26(23)29)21-11-8-14-32(17-21)22(16-30-3)15-20-9-5-4-6-10-20/h7,12-13,19-22,27,30H,4-6,8-11,14-18H2,1-3H3,(H,31,33). The Balaban J connectivity index is 1.75. The van der Waals surface area contributed by atoms with Gasteiger partial charge in [0.15, 0.2) is 11.6 Å². The average molecular weight is 480 g/mol. The van der Waals surface area contributed by atoms with Gasteiger partial charge in [0.25, 0.3) is 0 Å². The molecule has 2 N–H and O–H groups in total. The fourth-order valence-electron chi connectivity index (χ4n) is 5.77. The Hall–Kier alpha value is -1.57. The van der Waals surface area contributed by atoms with Crippen LogP contribution in [0.5, 0.6) is 0 Å². The lowest BCUT2D eigenvalue weighted by Crippen LogP contribution is -2.49. The molecule has 1 heterocycles. The summed E-state index contributed by atoms with van der Waals surface area (Å²) in [5, 5.41) is 6.19. The van der Waals surface area contributed by atoms with Crippen molar-refractivity contribution in [2.45, 2.75) is 83.4 Å². The zero-order valence-electron chi connectivity index (χ0n) is 21.1. The molecule has 3 atom stereocenters. The molecule has 0 radical (unpaired) electrons. The number of nitrogens with one attached hydrogen (secondary N) is 2. The number of nitrogens with zero attached hydrogens (tertiary/aromatic N) is 1. The molecule has 1 aromatic carbocycles. The number of rotatable bonds is 11. The third kappa shape index (κ3) is 7.72. The molecule has 1 aliphatic carbocycles. The zero-order valence-corrected chi connectivity index (χ0v) is 21.1. The van der Waals surface area contributed by atoms with Crippen molar-refractivity contribution in [1.82, 2.24) is 15.5 Å². The minimum atomic E-state index is -0.879. The van der Waals surface area contributed by atoms with Crippen LogP contribution in [-0.4, -0.2) is 56.2 Å². The maximum atomic E-state index is 14.8. The summed E-state index contributed by atoms with van der Waals surface area (Å²) in [7, 11) is 2.00. The molecule has 5 nitrogen and oxygen atoms in total. The summed E-state index contributed by atoms with van der Waals surface area (Å²) >= 11 is 0. The number of carbonyl (C=O) groups is 1. The molecule has 1 saturated carbocycles. The molecule has 34 heavy (non-hydrogen) atoms. The summed E-state index contributed by atoms with van der Waals surface area (Å²) < 4.78 is 35.0. The largest absolute Gasteiger partial charge is 0.363 e. The number of piperidine rings is 1. The van der Waals surface area contributed by atoms with Gasteiger partial charge in [-0.3, -0.25) is 9.69 Å². The number of hydrogen-bond donors (Lipinski definition) is 2. The Labute approximate surface area is 204 Å². The minimum absolute atomic E-state index is 0.00674. The number of ether oxygens (including phenoxy) is 1. The lowest BCUT2D eigenvalue weighted by molar-refractivity contribution is -0.130. The second-order valence-corrected chi connectivity index (χ2v) is 10.4. The lowest BCUT2D eigenvalue weighted by Gasteiger charge is -2.42. The van der Waals surface area contributed by atoms with Gasteiger partial charge in [-0.05, 0) is 58.7 Å². The SMILES string of the molecule is CNCC(CC1CCCCC1)N1CCCC(C(OCC(=O)NC(C)C)c2cccc(F)c2F)C1. The van der Waals surface area contributed by atoms with E-state index in [1.54, 1.807) is 6.07 Å². The van der Waals surface area contributed by atoms with Gasteiger partial charge in [0.1, 0.15) is 6.61 Å². The predicted octanol–water partition coefficient (Wildman–Crippen LogP) is 4.82. The summed E-state index contributed by atoms with van der Waals surface area (Å²) in [5.74, 6) is -1.24. The number of halogens is 2. The first-order valence-corrected chi connectivity index (χ1v) is 13.1. The van der Waals surface area contributed by atoms with Gasteiger partial charge in [-0.15, -0.1) is 0 Å². The van der Waals surface area contributed by atoms with Crippen LogP contribution in [-0.2, 0) is 9.53 Å². The van der Waals surface area contributed by atoms with Crippen LogP contribution < -0.4 is 10.6 Å². The van der Waals surface area contributed by atoms with E-state index in [0.29, 0.717) is 6.04 Å². The lowest BCUT2D eigenvalue weighted by atomic mass is 9.83. The molecule has 1 aliphatic heterocycles. The fourth-order valence-corrected chi connectivity index (χ4v) is 5.77. The Morgan fingerprint density at radius 1 is 1.15 bits per heavy atom. The van der Waals surface area contributed by atoms with E-state index in [1.807, 2.05) is 20.9 Å². The molecule has 1 saturated heterocycles. The van der Waals surface area contributed by atoms with E-state index in [-0.39, 0.29) is 30.0 Å². The maximum Gasteiger partial charge on any atom is 0.246 e. The Kier molecular flexibility index (Phi) is 10.7. The molecule has 0 aromatic heterocycles. The fraction of sp³-hybridized carbons (Fsp3) is 0.741. The Bertz CT molecular complexity index is 770. The second kappa shape index (κ2) is 13.5. The highest BCUT2D eigenvalue weighted by atomic mass is 19.2. The van der Waals surface area contributed by atoms with E-state index in [2.05, 4.69) is 15.5 Å². The zero-order chi connectivity index (χ0) is 24.5. The summed E-state index contributed by atoms with van der Waals surface area (Å²) in [6.45, 7) is 6.27. The predicted molar refractivity (Wildman–Crippen MR) is 132 cm³/mol. The van der Waals surface area contributed by atoms with E-state index >= 15 is 0 Å². The van der Waals surface area contributed by atoms with Gasteiger partial charge in [-0.1, -0.05) is 44.2 Å². The molecule has 1 aromatic rings. The number of carbonyl (C=O) groups excluding carboxylic acids is 1. The number of amides is 1. The van der Waals surface area contributed by atoms with Crippen LogP contribution in [0.3, 0.4) is 0 Å². The quantitative estimate of drug-likeness (QED) is 0.478.